The lowest BCUT2D eigenvalue weighted by Crippen LogP contribution is -2.44. The van der Waals surface area contributed by atoms with Gasteiger partial charge in [0, 0.05) is 38.4 Å². The SMILES string of the molecule is CN(C)S(=O)(=O)c1ccc2c(c1)CCN2C(=O)C1CCCN(Cc2nc(-c3ccccc3)no2)C1. The number of rotatable bonds is 6. The van der Waals surface area contributed by atoms with E-state index in [1.54, 1.807) is 18.2 Å². The molecule has 2 aromatic carbocycles. The highest BCUT2D eigenvalue weighted by atomic mass is 32.2. The normalized spacial score (nSPS) is 18.7. The van der Waals surface area contributed by atoms with Crippen molar-refractivity contribution in [2.45, 2.75) is 30.7 Å². The first-order valence-corrected chi connectivity index (χ1v) is 13.2. The number of anilines is 1. The molecule has 0 aliphatic carbocycles. The summed E-state index contributed by atoms with van der Waals surface area (Å²) in [5.74, 6) is 1.07. The van der Waals surface area contributed by atoms with Gasteiger partial charge in [-0.1, -0.05) is 35.5 Å². The number of piperidine rings is 1. The summed E-state index contributed by atoms with van der Waals surface area (Å²) >= 11 is 0. The minimum Gasteiger partial charge on any atom is -0.338 e. The maximum absolute atomic E-state index is 13.5. The number of hydrogen-bond acceptors (Lipinski definition) is 7. The summed E-state index contributed by atoms with van der Waals surface area (Å²) in [4.78, 5) is 22.3. The van der Waals surface area contributed by atoms with E-state index < -0.39 is 10.0 Å². The molecule has 10 heteroatoms. The van der Waals surface area contributed by atoms with Gasteiger partial charge in [0.25, 0.3) is 0 Å². The molecule has 0 N–H and O–H groups in total. The van der Waals surface area contributed by atoms with Crippen LogP contribution < -0.4 is 4.90 Å². The van der Waals surface area contributed by atoms with Crippen molar-refractivity contribution < 1.29 is 17.7 Å². The average Bonchev–Trinajstić information content (AvgIpc) is 3.51. The Morgan fingerprint density at radius 1 is 1.14 bits per heavy atom. The van der Waals surface area contributed by atoms with Gasteiger partial charge in [-0.2, -0.15) is 4.98 Å². The van der Waals surface area contributed by atoms with Crippen molar-refractivity contribution in [3.05, 3.63) is 60.0 Å². The molecule has 0 bridgehead atoms. The topological polar surface area (TPSA) is 99.9 Å². The van der Waals surface area contributed by atoms with Crippen LogP contribution in [0.5, 0.6) is 0 Å². The molecule has 0 spiro atoms. The predicted molar refractivity (Wildman–Crippen MR) is 131 cm³/mol. The Balaban J connectivity index is 1.26. The first kappa shape index (κ1) is 23.7. The fourth-order valence-corrected chi connectivity index (χ4v) is 5.77. The second kappa shape index (κ2) is 9.52. The Morgan fingerprint density at radius 2 is 1.94 bits per heavy atom. The maximum atomic E-state index is 13.5. The molecule has 0 saturated carbocycles. The van der Waals surface area contributed by atoms with Crippen LogP contribution in [0.4, 0.5) is 5.69 Å². The monoisotopic (exact) mass is 495 g/mol. The largest absolute Gasteiger partial charge is 0.338 e. The molecular formula is C25H29N5O4S. The summed E-state index contributed by atoms with van der Waals surface area (Å²) in [6.07, 6.45) is 2.39. The van der Waals surface area contributed by atoms with Crippen molar-refractivity contribution in [2.24, 2.45) is 5.92 Å². The number of carbonyl (C=O) groups excluding carboxylic acids is 1. The molecule has 2 aliphatic rings. The van der Waals surface area contributed by atoms with E-state index in [1.165, 1.54) is 18.4 Å². The molecule has 1 atom stereocenters. The lowest BCUT2D eigenvalue weighted by molar-refractivity contribution is -0.124. The fraction of sp³-hybridized carbons (Fsp3) is 0.400. The number of aromatic nitrogens is 2. The van der Waals surface area contributed by atoms with E-state index in [0.717, 1.165) is 36.2 Å². The minimum absolute atomic E-state index is 0.0900. The van der Waals surface area contributed by atoms with Gasteiger partial charge < -0.3 is 9.42 Å². The molecule has 0 radical (unpaired) electrons. The van der Waals surface area contributed by atoms with Gasteiger partial charge >= 0.3 is 0 Å². The maximum Gasteiger partial charge on any atom is 0.242 e. The van der Waals surface area contributed by atoms with E-state index in [9.17, 15) is 13.2 Å². The number of benzene rings is 2. The molecule has 35 heavy (non-hydrogen) atoms. The average molecular weight is 496 g/mol. The van der Waals surface area contributed by atoms with Gasteiger partial charge in [0.2, 0.25) is 27.6 Å². The molecule has 9 nitrogen and oxygen atoms in total. The molecule has 1 unspecified atom stereocenters. The molecule has 5 rings (SSSR count). The van der Waals surface area contributed by atoms with Crippen molar-refractivity contribution in [3.63, 3.8) is 0 Å². The van der Waals surface area contributed by atoms with Crippen molar-refractivity contribution in [1.82, 2.24) is 19.3 Å². The molecule has 1 amide bonds. The highest BCUT2D eigenvalue weighted by Crippen LogP contribution is 2.33. The van der Waals surface area contributed by atoms with Crippen LogP contribution in [-0.4, -0.2) is 67.4 Å². The van der Waals surface area contributed by atoms with Crippen LogP contribution in [0.2, 0.25) is 0 Å². The fourth-order valence-electron chi connectivity index (χ4n) is 4.81. The standard InChI is InChI=1S/C25H29N5O4S/c1-28(2)35(32,33)21-10-11-22-19(15-21)12-14-30(22)25(31)20-9-6-13-29(16-20)17-23-26-24(27-34-23)18-7-4-3-5-8-18/h3-5,7-8,10-11,15,20H,6,9,12-14,16-17H2,1-2H3. The number of carbonyl (C=O) groups is 1. The number of nitrogens with zero attached hydrogens (tertiary/aromatic N) is 5. The van der Waals surface area contributed by atoms with Crippen LogP contribution in [0.15, 0.2) is 57.9 Å². The van der Waals surface area contributed by atoms with E-state index in [-0.39, 0.29) is 16.7 Å². The van der Waals surface area contributed by atoms with Gasteiger partial charge in [-0.25, -0.2) is 12.7 Å². The van der Waals surface area contributed by atoms with Crippen LogP contribution in [0, 0.1) is 5.92 Å². The van der Waals surface area contributed by atoms with Crippen LogP contribution >= 0.6 is 0 Å². The Bertz CT molecular complexity index is 1320. The summed E-state index contributed by atoms with van der Waals surface area (Å²) < 4.78 is 31.6. The molecule has 1 saturated heterocycles. The van der Waals surface area contributed by atoms with Gasteiger partial charge in [0.1, 0.15) is 0 Å². The first-order valence-electron chi connectivity index (χ1n) is 11.8. The zero-order valence-electron chi connectivity index (χ0n) is 19.9. The van der Waals surface area contributed by atoms with Crippen molar-refractivity contribution >= 4 is 21.6 Å². The van der Waals surface area contributed by atoms with E-state index in [2.05, 4.69) is 15.0 Å². The van der Waals surface area contributed by atoms with Crippen LogP contribution in [0.1, 0.15) is 24.3 Å². The van der Waals surface area contributed by atoms with Crippen molar-refractivity contribution in [1.29, 1.82) is 0 Å². The van der Waals surface area contributed by atoms with E-state index >= 15 is 0 Å². The third kappa shape index (κ3) is 4.73. The van der Waals surface area contributed by atoms with Crippen molar-refractivity contribution in [3.8, 4) is 11.4 Å². The lowest BCUT2D eigenvalue weighted by atomic mass is 9.96. The number of hydrogen-bond donors (Lipinski definition) is 0. The predicted octanol–water partition coefficient (Wildman–Crippen LogP) is 2.79. The number of amides is 1. The van der Waals surface area contributed by atoms with Gasteiger partial charge in [0.05, 0.1) is 17.4 Å². The number of likely N-dealkylation sites (tertiary alicyclic amines) is 1. The molecule has 184 valence electrons. The Kier molecular flexibility index (Phi) is 6.43. The smallest absolute Gasteiger partial charge is 0.242 e. The van der Waals surface area contributed by atoms with Crippen LogP contribution in [-0.2, 0) is 27.8 Å². The molecule has 1 aromatic heterocycles. The third-order valence-corrected chi connectivity index (χ3v) is 8.52. The summed E-state index contributed by atoms with van der Waals surface area (Å²) in [5, 5.41) is 4.10. The van der Waals surface area contributed by atoms with Crippen LogP contribution in [0.25, 0.3) is 11.4 Å². The molecular weight excluding hydrogens is 466 g/mol. The lowest BCUT2D eigenvalue weighted by Gasteiger charge is -2.33. The summed E-state index contributed by atoms with van der Waals surface area (Å²) in [6.45, 7) is 2.57. The van der Waals surface area contributed by atoms with Crippen molar-refractivity contribution in [2.75, 3.05) is 38.6 Å². The number of sulfonamides is 1. The van der Waals surface area contributed by atoms with Gasteiger partial charge in [0.15, 0.2) is 0 Å². The van der Waals surface area contributed by atoms with E-state index in [4.69, 9.17) is 4.52 Å². The summed E-state index contributed by atoms with van der Waals surface area (Å²) in [6, 6.07) is 14.8. The first-order chi connectivity index (χ1) is 16.8. The second-order valence-corrected chi connectivity index (χ2v) is 11.4. The van der Waals surface area contributed by atoms with E-state index in [0.29, 0.717) is 37.8 Å². The van der Waals surface area contributed by atoms with E-state index in [1.807, 2.05) is 35.2 Å². The number of fused-ring (bicyclic) bond motifs is 1. The molecule has 1 fully saturated rings. The molecule has 3 aromatic rings. The quantitative estimate of drug-likeness (QED) is 0.518. The highest BCUT2D eigenvalue weighted by molar-refractivity contribution is 7.89. The zero-order chi connectivity index (χ0) is 24.6. The summed E-state index contributed by atoms with van der Waals surface area (Å²) in [5.41, 5.74) is 2.62. The second-order valence-electron chi connectivity index (χ2n) is 9.27. The zero-order valence-corrected chi connectivity index (χ0v) is 20.7. The molecule has 3 heterocycles. The Hall–Kier alpha value is -3.08. The van der Waals surface area contributed by atoms with Gasteiger partial charge in [-0.05, 0) is 49.6 Å². The molecule has 2 aliphatic heterocycles. The van der Waals surface area contributed by atoms with Crippen LogP contribution in [0.3, 0.4) is 0 Å². The Labute approximate surface area is 205 Å². The van der Waals surface area contributed by atoms with Gasteiger partial charge in [-0.15, -0.1) is 0 Å². The highest BCUT2D eigenvalue weighted by Gasteiger charge is 2.34. The van der Waals surface area contributed by atoms with Gasteiger partial charge in [-0.3, -0.25) is 9.69 Å². The minimum atomic E-state index is -3.51. The summed E-state index contributed by atoms with van der Waals surface area (Å²) in [7, 11) is -0.471. The Morgan fingerprint density at radius 3 is 2.71 bits per heavy atom. The third-order valence-electron chi connectivity index (χ3n) is 6.70.